The zero-order valence-corrected chi connectivity index (χ0v) is 15.2. The maximum absolute atomic E-state index is 4.75. The van der Waals surface area contributed by atoms with Crippen LogP contribution in [0.25, 0.3) is 11.3 Å². The van der Waals surface area contributed by atoms with Crippen molar-refractivity contribution < 1.29 is 0 Å². The van der Waals surface area contributed by atoms with Crippen LogP contribution in [0.15, 0.2) is 54.7 Å². The second-order valence-corrected chi connectivity index (χ2v) is 7.72. The summed E-state index contributed by atoms with van der Waals surface area (Å²) in [5.41, 5.74) is 4.82. The van der Waals surface area contributed by atoms with Crippen LogP contribution in [0.1, 0.15) is 17.2 Å². The Labute approximate surface area is 154 Å². The number of hydrogen-bond acceptors (Lipinski definition) is 3. The van der Waals surface area contributed by atoms with Crippen LogP contribution in [0.4, 0.5) is 0 Å². The highest BCUT2D eigenvalue weighted by Gasteiger charge is 2.37. The van der Waals surface area contributed by atoms with Gasteiger partial charge in [-0.1, -0.05) is 36.4 Å². The fourth-order valence-corrected chi connectivity index (χ4v) is 4.61. The lowest BCUT2D eigenvalue weighted by molar-refractivity contribution is 0.304. The SMILES string of the molecule is Cc1cccc(CN2C[C@@H]3Cc4ncc(-c5ccccc5)n4C[C@@H]3C2)n1. The summed E-state index contributed by atoms with van der Waals surface area (Å²) in [6.07, 6.45) is 3.15. The quantitative estimate of drug-likeness (QED) is 0.728. The lowest BCUT2D eigenvalue weighted by Crippen LogP contribution is -2.28. The smallest absolute Gasteiger partial charge is 0.109 e. The second kappa shape index (κ2) is 6.36. The number of nitrogens with zero attached hydrogens (tertiary/aromatic N) is 4. The molecule has 4 heterocycles. The third-order valence-corrected chi connectivity index (χ3v) is 5.85. The fraction of sp³-hybridized carbons (Fsp3) is 0.364. The van der Waals surface area contributed by atoms with E-state index in [0.29, 0.717) is 5.92 Å². The van der Waals surface area contributed by atoms with Gasteiger partial charge >= 0.3 is 0 Å². The van der Waals surface area contributed by atoms with E-state index in [4.69, 9.17) is 4.98 Å². The van der Waals surface area contributed by atoms with Gasteiger partial charge in [0.1, 0.15) is 5.82 Å². The van der Waals surface area contributed by atoms with E-state index in [1.54, 1.807) is 0 Å². The molecule has 4 nitrogen and oxygen atoms in total. The van der Waals surface area contributed by atoms with Crippen LogP contribution in [0, 0.1) is 18.8 Å². The Hall–Kier alpha value is -2.46. The first-order valence-electron chi connectivity index (χ1n) is 9.51. The van der Waals surface area contributed by atoms with Gasteiger partial charge in [-0.15, -0.1) is 0 Å². The van der Waals surface area contributed by atoms with Gasteiger partial charge in [0.25, 0.3) is 0 Å². The third-order valence-electron chi connectivity index (χ3n) is 5.85. The standard InChI is InChI=1S/C22H24N4/c1-16-6-5-9-20(24-16)15-25-12-18-10-22-23-11-21(17-7-3-2-4-8-17)26(22)14-19(18)13-25/h2-9,11,18-19H,10,12-15H2,1H3/t18-,19-/m0/s1. The van der Waals surface area contributed by atoms with E-state index in [1.165, 1.54) is 22.8 Å². The highest BCUT2D eigenvalue weighted by atomic mass is 15.2. The van der Waals surface area contributed by atoms with Gasteiger partial charge in [-0.05, 0) is 36.5 Å². The maximum Gasteiger partial charge on any atom is 0.109 e. The summed E-state index contributed by atoms with van der Waals surface area (Å²) in [5.74, 6) is 2.68. The minimum Gasteiger partial charge on any atom is -0.328 e. The molecule has 5 rings (SSSR count). The van der Waals surface area contributed by atoms with Crippen molar-refractivity contribution in [1.29, 1.82) is 0 Å². The molecule has 0 unspecified atom stereocenters. The summed E-state index contributed by atoms with van der Waals surface area (Å²) < 4.78 is 2.45. The van der Waals surface area contributed by atoms with Crippen LogP contribution < -0.4 is 0 Å². The molecule has 4 heteroatoms. The van der Waals surface area contributed by atoms with Gasteiger partial charge < -0.3 is 4.57 Å². The molecule has 0 spiro atoms. The number of likely N-dealkylation sites (tertiary alicyclic amines) is 1. The van der Waals surface area contributed by atoms with Crippen molar-refractivity contribution in [3.8, 4) is 11.3 Å². The summed E-state index contributed by atoms with van der Waals surface area (Å²) in [6.45, 7) is 6.43. The molecule has 3 aromatic rings. The third kappa shape index (κ3) is 2.84. The van der Waals surface area contributed by atoms with E-state index in [9.17, 15) is 0 Å². The minimum atomic E-state index is 0.712. The van der Waals surface area contributed by atoms with Crippen molar-refractivity contribution in [2.75, 3.05) is 13.1 Å². The molecule has 2 atom stereocenters. The Balaban J connectivity index is 1.34. The Kier molecular flexibility index (Phi) is 3.86. The molecule has 2 aliphatic heterocycles. The maximum atomic E-state index is 4.75. The summed E-state index contributed by atoms with van der Waals surface area (Å²) in [5, 5.41) is 0. The van der Waals surface area contributed by atoms with Gasteiger partial charge in [-0.25, -0.2) is 4.98 Å². The molecule has 1 fully saturated rings. The second-order valence-electron chi connectivity index (χ2n) is 7.72. The zero-order valence-electron chi connectivity index (χ0n) is 15.2. The Morgan fingerprint density at radius 2 is 1.81 bits per heavy atom. The van der Waals surface area contributed by atoms with Crippen molar-refractivity contribution in [3.63, 3.8) is 0 Å². The molecule has 2 aliphatic rings. The van der Waals surface area contributed by atoms with Gasteiger partial charge in [-0.3, -0.25) is 9.88 Å². The lowest BCUT2D eigenvalue weighted by Gasteiger charge is -2.27. The van der Waals surface area contributed by atoms with Crippen LogP contribution in [0.5, 0.6) is 0 Å². The van der Waals surface area contributed by atoms with E-state index in [-0.39, 0.29) is 0 Å². The predicted molar refractivity (Wildman–Crippen MR) is 103 cm³/mol. The van der Waals surface area contributed by atoms with Gasteiger partial charge in [0.2, 0.25) is 0 Å². The number of aromatic nitrogens is 3. The van der Waals surface area contributed by atoms with Gasteiger partial charge in [0.05, 0.1) is 17.6 Å². The molecule has 0 bridgehead atoms. The molecule has 0 N–H and O–H groups in total. The molecule has 1 aromatic carbocycles. The summed E-state index contributed by atoms with van der Waals surface area (Å²) in [6, 6.07) is 17.0. The first kappa shape index (κ1) is 15.8. The van der Waals surface area contributed by atoms with Crippen molar-refractivity contribution in [2.24, 2.45) is 11.8 Å². The number of rotatable bonds is 3. The number of imidazole rings is 1. The molecule has 2 aromatic heterocycles. The molecule has 132 valence electrons. The van der Waals surface area contributed by atoms with Crippen LogP contribution in [-0.2, 0) is 19.5 Å². The largest absolute Gasteiger partial charge is 0.328 e. The number of aryl methyl sites for hydroxylation is 1. The summed E-state index contributed by atoms with van der Waals surface area (Å²) in [4.78, 5) is 12.0. The molecule has 1 saturated heterocycles. The van der Waals surface area contributed by atoms with Crippen LogP contribution >= 0.6 is 0 Å². The molecule has 0 radical (unpaired) electrons. The van der Waals surface area contributed by atoms with Crippen LogP contribution in [-0.4, -0.2) is 32.5 Å². The average molecular weight is 344 g/mol. The van der Waals surface area contributed by atoms with Gasteiger partial charge in [-0.2, -0.15) is 0 Å². The van der Waals surface area contributed by atoms with Gasteiger partial charge in [0.15, 0.2) is 0 Å². The topological polar surface area (TPSA) is 34.0 Å². The van der Waals surface area contributed by atoms with Crippen molar-refractivity contribution in [1.82, 2.24) is 19.4 Å². The normalized spacial score (nSPS) is 22.2. The van der Waals surface area contributed by atoms with E-state index >= 15 is 0 Å². The average Bonchev–Trinajstić information content (AvgIpc) is 3.23. The molecule has 26 heavy (non-hydrogen) atoms. The summed E-state index contributed by atoms with van der Waals surface area (Å²) >= 11 is 0. The Morgan fingerprint density at radius 3 is 2.65 bits per heavy atom. The van der Waals surface area contributed by atoms with E-state index < -0.39 is 0 Å². The lowest BCUT2D eigenvalue weighted by atomic mass is 9.89. The van der Waals surface area contributed by atoms with Crippen molar-refractivity contribution >= 4 is 0 Å². The highest BCUT2D eigenvalue weighted by Crippen LogP contribution is 2.35. The Morgan fingerprint density at radius 1 is 0.962 bits per heavy atom. The Bertz CT molecular complexity index is 915. The van der Waals surface area contributed by atoms with Crippen molar-refractivity contribution in [3.05, 3.63) is 71.9 Å². The highest BCUT2D eigenvalue weighted by molar-refractivity contribution is 5.59. The van der Waals surface area contributed by atoms with E-state index in [2.05, 4.69) is 76.1 Å². The summed E-state index contributed by atoms with van der Waals surface area (Å²) in [7, 11) is 0. The first-order chi connectivity index (χ1) is 12.8. The fourth-order valence-electron chi connectivity index (χ4n) is 4.61. The number of pyridine rings is 1. The van der Waals surface area contributed by atoms with Crippen LogP contribution in [0.2, 0.25) is 0 Å². The first-order valence-corrected chi connectivity index (χ1v) is 9.51. The van der Waals surface area contributed by atoms with Crippen molar-refractivity contribution in [2.45, 2.75) is 26.4 Å². The molecular weight excluding hydrogens is 320 g/mol. The van der Waals surface area contributed by atoms with Gasteiger partial charge in [0, 0.05) is 38.3 Å². The number of fused-ring (bicyclic) bond motifs is 2. The minimum absolute atomic E-state index is 0.712. The molecular formula is C22H24N4. The number of hydrogen-bond donors (Lipinski definition) is 0. The molecule has 0 amide bonds. The monoisotopic (exact) mass is 344 g/mol. The van der Waals surface area contributed by atoms with Crippen LogP contribution in [0.3, 0.4) is 0 Å². The number of benzene rings is 1. The van der Waals surface area contributed by atoms with E-state index in [1.807, 2.05) is 0 Å². The predicted octanol–water partition coefficient (Wildman–Crippen LogP) is 3.56. The molecule has 0 saturated carbocycles. The zero-order chi connectivity index (χ0) is 17.5. The molecule has 0 aliphatic carbocycles. The van der Waals surface area contributed by atoms with E-state index in [0.717, 1.165) is 44.2 Å².